The quantitative estimate of drug-likeness (QED) is 0.263. The van der Waals surface area contributed by atoms with Crippen molar-refractivity contribution >= 4 is 22.6 Å². The van der Waals surface area contributed by atoms with E-state index >= 15 is 0 Å². The average molecular weight is 532 g/mol. The van der Waals surface area contributed by atoms with E-state index in [0.717, 1.165) is 57.7 Å². The van der Waals surface area contributed by atoms with Gasteiger partial charge in [0, 0.05) is 31.3 Å². The van der Waals surface area contributed by atoms with Crippen molar-refractivity contribution in [3.8, 4) is 0 Å². The van der Waals surface area contributed by atoms with Crippen LogP contribution < -0.4 is 0 Å². The number of carboxylic acid groups (broad SMARTS) is 1. The van der Waals surface area contributed by atoms with Crippen LogP contribution in [0.5, 0.6) is 0 Å². The number of allylic oxidation sites excluding steroid dienone is 1. The van der Waals surface area contributed by atoms with Gasteiger partial charge in [-0.05, 0) is 108 Å². The van der Waals surface area contributed by atoms with Gasteiger partial charge in [-0.25, -0.2) is 4.79 Å². The predicted molar refractivity (Wildman–Crippen MR) is 162 cm³/mol. The standard InChI is InChI=1S/C35H37N3O2/c1-2-25-5-13-33(36-22-25)30-7-3-26(4-8-30)24-38-20-17-32-21-27(6-14-34(32)38)23-37-18-15-29(16-19-37)28-9-11-31(12-10-28)35(39)40/h3-14,17,20-21,25,29H,2,15-16,18-19,22-24H2,1H3,(H,39,40). The highest BCUT2D eigenvalue weighted by Crippen LogP contribution is 2.29. The van der Waals surface area contributed by atoms with Crippen molar-refractivity contribution in [1.82, 2.24) is 9.47 Å². The van der Waals surface area contributed by atoms with E-state index in [1.807, 2.05) is 12.1 Å². The summed E-state index contributed by atoms with van der Waals surface area (Å²) < 4.78 is 2.33. The van der Waals surface area contributed by atoms with Crippen LogP contribution >= 0.6 is 0 Å². The summed E-state index contributed by atoms with van der Waals surface area (Å²) in [4.78, 5) is 18.4. The lowest BCUT2D eigenvalue weighted by molar-refractivity contribution is 0.0697. The number of nitrogens with zero attached hydrogens (tertiary/aromatic N) is 3. The van der Waals surface area contributed by atoms with Gasteiger partial charge in [-0.3, -0.25) is 9.89 Å². The fourth-order valence-electron chi connectivity index (χ4n) is 6.05. The molecule has 3 aromatic carbocycles. The third kappa shape index (κ3) is 5.80. The first kappa shape index (κ1) is 26.3. The number of carboxylic acids is 1. The Morgan fingerprint density at radius 2 is 1.68 bits per heavy atom. The number of piperidine rings is 1. The topological polar surface area (TPSA) is 57.8 Å². The van der Waals surface area contributed by atoms with Crippen molar-refractivity contribution in [2.75, 3.05) is 19.6 Å². The summed E-state index contributed by atoms with van der Waals surface area (Å²) >= 11 is 0. The van der Waals surface area contributed by atoms with Gasteiger partial charge in [0.25, 0.3) is 0 Å². The molecule has 40 heavy (non-hydrogen) atoms. The molecule has 2 aliphatic rings. The van der Waals surface area contributed by atoms with Gasteiger partial charge in [0.15, 0.2) is 0 Å². The zero-order valence-electron chi connectivity index (χ0n) is 23.2. The Hall–Kier alpha value is -3.96. The van der Waals surface area contributed by atoms with Crippen LogP contribution in [0.25, 0.3) is 10.9 Å². The number of hydrogen-bond donors (Lipinski definition) is 1. The van der Waals surface area contributed by atoms with E-state index < -0.39 is 5.97 Å². The summed E-state index contributed by atoms with van der Waals surface area (Å²) in [5, 5.41) is 10.4. The third-order valence-electron chi connectivity index (χ3n) is 8.61. The van der Waals surface area contributed by atoms with E-state index in [2.05, 4.69) is 83.3 Å². The zero-order chi connectivity index (χ0) is 27.5. The summed E-state index contributed by atoms with van der Waals surface area (Å²) in [6, 6.07) is 25.4. The summed E-state index contributed by atoms with van der Waals surface area (Å²) in [6.07, 6.45) is 10.0. The van der Waals surface area contributed by atoms with Crippen LogP contribution in [0.4, 0.5) is 0 Å². The maximum absolute atomic E-state index is 11.1. The van der Waals surface area contributed by atoms with Gasteiger partial charge in [-0.15, -0.1) is 0 Å². The Kier molecular flexibility index (Phi) is 7.65. The molecule has 1 unspecified atom stereocenters. The molecule has 1 aromatic heterocycles. The van der Waals surface area contributed by atoms with Crippen LogP contribution in [-0.2, 0) is 13.1 Å². The van der Waals surface area contributed by atoms with Crippen molar-refractivity contribution in [2.45, 2.75) is 45.2 Å². The van der Waals surface area contributed by atoms with Gasteiger partial charge in [0.05, 0.1) is 11.3 Å². The number of benzene rings is 3. The molecule has 6 rings (SSSR count). The second-order valence-electron chi connectivity index (χ2n) is 11.3. The molecule has 2 aliphatic heterocycles. The lowest BCUT2D eigenvalue weighted by Crippen LogP contribution is -2.32. The van der Waals surface area contributed by atoms with Gasteiger partial charge in [0.1, 0.15) is 0 Å². The number of aromatic carboxylic acids is 1. The number of aromatic nitrogens is 1. The zero-order valence-corrected chi connectivity index (χ0v) is 23.2. The lowest BCUT2D eigenvalue weighted by Gasteiger charge is -2.32. The van der Waals surface area contributed by atoms with Crippen LogP contribution in [0.1, 0.15) is 64.7 Å². The number of carbonyl (C=O) groups is 1. The first-order valence-electron chi connectivity index (χ1n) is 14.5. The minimum Gasteiger partial charge on any atom is -0.478 e. The molecule has 0 radical (unpaired) electrons. The van der Waals surface area contributed by atoms with Gasteiger partial charge in [-0.1, -0.05) is 55.5 Å². The molecule has 4 aromatic rings. The molecule has 1 N–H and O–H groups in total. The highest BCUT2D eigenvalue weighted by molar-refractivity contribution is 6.09. The largest absolute Gasteiger partial charge is 0.478 e. The first-order chi connectivity index (χ1) is 19.6. The highest BCUT2D eigenvalue weighted by atomic mass is 16.4. The Morgan fingerprint density at radius 3 is 2.35 bits per heavy atom. The van der Waals surface area contributed by atoms with E-state index in [9.17, 15) is 4.79 Å². The molecule has 0 spiro atoms. The summed E-state index contributed by atoms with van der Waals surface area (Å²) in [7, 11) is 0. The molecule has 1 atom stereocenters. The van der Waals surface area contributed by atoms with Crippen LogP contribution in [0.3, 0.4) is 0 Å². The molecule has 0 saturated carbocycles. The van der Waals surface area contributed by atoms with Gasteiger partial charge >= 0.3 is 5.97 Å². The smallest absolute Gasteiger partial charge is 0.335 e. The van der Waals surface area contributed by atoms with Crippen LogP contribution in [0.15, 0.2) is 96.1 Å². The Labute approximate surface area is 236 Å². The van der Waals surface area contributed by atoms with Crippen LogP contribution in [0, 0.1) is 5.92 Å². The molecule has 204 valence electrons. The number of likely N-dealkylation sites (tertiary alicyclic amines) is 1. The third-order valence-corrected chi connectivity index (χ3v) is 8.61. The molecular formula is C35H37N3O2. The molecule has 1 fully saturated rings. The number of fused-ring (bicyclic) bond motifs is 1. The highest BCUT2D eigenvalue weighted by Gasteiger charge is 2.21. The predicted octanol–water partition coefficient (Wildman–Crippen LogP) is 7.15. The lowest BCUT2D eigenvalue weighted by atomic mass is 9.89. The molecule has 0 aliphatic carbocycles. The molecule has 5 nitrogen and oxygen atoms in total. The van der Waals surface area contributed by atoms with E-state index in [0.29, 0.717) is 17.4 Å². The SMILES string of the molecule is CCC1C=CC(c2ccc(Cn3ccc4cc(CN5CCC(c6ccc(C(=O)O)cc6)CC5)ccc43)cc2)=NC1. The minimum atomic E-state index is -0.865. The van der Waals surface area contributed by atoms with Crippen LogP contribution in [0.2, 0.25) is 0 Å². The van der Waals surface area contributed by atoms with Crippen molar-refractivity contribution in [1.29, 1.82) is 0 Å². The Morgan fingerprint density at radius 1 is 0.925 bits per heavy atom. The molecule has 3 heterocycles. The second kappa shape index (κ2) is 11.6. The van der Waals surface area contributed by atoms with Crippen molar-refractivity contribution in [3.05, 3.63) is 119 Å². The molecule has 5 heteroatoms. The van der Waals surface area contributed by atoms with Crippen molar-refractivity contribution in [3.63, 3.8) is 0 Å². The van der Waals surface area contributed by atoms with Crippen LogP contribution in [-0.4, -0.2) is 45.9 Å². The number of dihydropyridines is 1. The average Bonchev–Trinajstić information content (AvgIpc) is 3.39. The summed E-state index contributed by atoms with van der Waals surface area (Å²) in [5.74, 6) is 0.218. The maximum atomic E-state index is 11.1. The Balaban J connectivity index is 1.05. The minimum absolute atomic E-state index is 0.358. The van der Waals surface area contributed by atoms with E-state index in [4.69, 9.17) is 10.1 Å². The first-order valence-corrected chi connectivity index (χ1v) is 14.5. The molecule has 0 bridgehead atoms. The Bertz CT molecular complexity index is 1540. The van der Waals surface area contributed by atoms with Gasteiger partial charge in [-0.2, -0.15) is 0 Å². The fourth-order valence-corrected chi connectivity index (χ4v) is 6.05. The van der Waals surface area contributed by atoms with Gasteiger partial charge < -0.3 is 9.67 Å². The summed E-state index contributed by atoms with van der Waals surface area (Å²) in [5.41, 5.74) is 7.80. The number of hydrogen-bond acceptors (Lipinski definition) is 3. The molecular weight excluding hydrogens is 494 g/mol. The van der Waals surface area contributed by atoms with E-state index in [1.165, 1.54) is 33.2 Å². The molecule has 0 amide bonds. The normalized spacial score (nSPS) is 18.2. The van der Waals surface area contributed by atoms with Gasteiger partial charge in [0.2, 0.25) is 0 Å². The fraction of sp³-hybridized carbons (Fsp3) is 0.314. The monoisotopic (exact) mass is 531 g/mol. The number of rotatable bonds is 8. The second-order valence-corrected chi connectivity index (χ2v) is 11.3. The van der Waals surface area contributed by atoms with E-state index in [-0.39, 0.29) is 0 Å². The van der Waals surface area contributed by atoms with Crippen molar-refractivity contribution < 1.29 is 9.90 Å². The molecule has 1 saturated heterocycles. The van der Waals surface area contributed by atoms with E-state index in [1.54, 1.807) is 12.1 Å². The maximum Gasteiger partial charge on any atom is 0.335 e. The van der Waals surface area contributed by atoms with Crippen molar-refractivity contribution in [2.24, 2.45) is 10.9 Å². The number of aliphatic imine (C=N–C) groups is 1. The summed E-state index contributed by atoms with van der Waals surface area (Å²) in [6.45, 7) is 7.04.